The molecule has 0 aliphatic heterocycles. The molecule has 0 aliphatic carbocycles. The Labute approximate surface area is 203 Å². The summed E-state index contributed by atoms with van der Waals surface area (Å²) in [7, 11) is 0. The number of nitrogens with zero attached hydrogens (tertiary/aromatic N) is 1. The fourth-order valence-corrected chi connectivity index (χ4v) is 4.34. The lowest BCUT2D eigenvalue weighted by molar-refractivity contribution is 0.155. The molecule has 5 aromatic rings. The third-order valence-electron chi connectivity index (χ3n) is 5.71. The second-order valence-electron chi connectivity index (χ2n) is 8.69. The number of aromatic nitrogens is 1. The van der Waals surface area contributed by atoms with Crippen molar-refractivity contribution in [2.24, 2.45) is 0 Å². The van der Waals surface area contributed by atoms with Crippen LogP contribution < -0.4 is 16.4 Å². The quantitative estimate of drug-likeness (QED) is 0.192. The number of ether oxygens (including phenoxy) is 1. The molecule has 4 aromatic carbocycles. The highest BCUT2D eigenvalue weighted by atomic mass is 16.5. The highest BCUT2D eigenvalue weighted by Gasteiger charge is 2.11. The van der Waals surface area contributed by atoms with Crippen LogP contribution in [0.2, 0.25) is 0 Å². The van der Waals surface area contributed by atoms with E-state index in [9.17, 15) is 4.79 Å². The summed E-state index contributed by atoms with van der Waals surface area (Å²) in [6, 6.07) is 27.5. The summed E-state index contributed by atoms with van der Waals surface area (Å²) < 4.78 is 5.47. The second-order valence-corrected chi connectivity index (χ2v) is 8.69. The van der Waals surface area contributed by atoms with Crippen LogP contribution in [-0.2, 0) is 11.3 Å². The molecule has 1 aromatic heterocycles. The minimum Gasteiger partial charge on any atom is -0.444 e. The van der Waals surface area contributed by atoms with Crippen molar-refractivity contribution in [3.05, 3.63) is 102 Å². The predicted octanol–water partition coefficient (Wildman–Crippen LogP) is 7.08. The van der Waals surface area contributed by atoms with E-state index >= 15 is 0 Å². The van der Waals surface area contributed by atoms with Gasteiger partial charge in [0.25, 0.3) is 0 Å². The van der Waals surface area contributed by atoms with Crippen LogP contribution in [0.25, 0.3) is 21.8 Å². The maximum atomic E-state index is 12.4. The van der Waals surface area contributed by atoms with E-state index in [0.717, 1.165) is 49.9 Å². The average Bonchev–Trinajstić information content (AvgIpc) is 2.82. The zero-order chi connectivity index (χ0) is 24.4. The maximum Gasteiger partial charge on any atom is 0.411 e. The molecule has 6 heteroatoms. The minimum absolute atomic E-state index is 0.0915. The molecular formula is C29H26N4O2. The number of carbonyl (C=O) groups is 1. The number of anilines is 4. The first-order valence-corrected chi connectivity index (χ1v) is 11.4. The van der Waals surface area contributed by atoms with Gasteiger partial charge in [0.1, 0.15) is 6.61 Å². The number of amides is 1. The first kappa shape index (κ1) is 22.2. The SMILES string of the molecule is Cc1cc(C)cc(NC(=O)OCc2cc(N)cc(Nc3c4ccccc4nc4ccccc34)c2)c1. The Bertz CT molecular complexity index is 1490. The predicted molar refractivity (Wildman–Crippen MR) is 143 cm³/mol. The van der Waals surface area contributed by atoms with Crippen LogP contribution in [0.4, 0.5) is 27.5 Å². The molecule has 0 saturated heterocycles. The molecule has 1 heterocycles. The Hall–Kier alpha value is -4.58. The normalized spacial score (nSPS) is 10.9. The van der Waals surface area contributed by atoms with Crippen molar-refractivity contribution < 1.29 is 9.53 Å². The number of carbonyl (C=O) groups excluding carboxylic acids is 1. The molecule has 0 radical (unpaired) electrons. The van der Waals surface area contributed by atoms with Gasteiger partial charge < -0.3 is 15.8 Å². The van der Waals surface area contributed by atoms with Gasteiger partial charge in [0.15, 0.2) is 0 Å². The summed E-state index contributed by atoms with van der Waals surface area (Å²) >= 11 is 0. The number of benzene rings is 4. The molecule has 0 unspecified atom stereocenters. The van der Waals surface area contributed by atoms with E-state index in [1.54, 1.807) is 6.07 Å². The number of hydrogen-bond donors (Lipinski definition) is 3. The summed E-state index contributed by atoms with van der Waals surface area (Å²) in [5, 5.41) is 8.35. The third kappa shape index (κ3) is 5.01. The molecule has 0 fully saturated rings. The van der Waals surface area contributed by atoms with Gasteiger partial charge in [-0.05, 0) is 73.0 Å². The summed E-state index contributed by atoms with van der Waals surface area (Å²) in [5.41, 5.74) is 14.0. The molecule has 0 atom stereocenters. The number of hydrogen-bond acceptors (Lipinski definition) is 5. The lowest BCUT2D eigenvalue weighted by atomic mass is 10.1. The Morgan fingerprint density at radius 2 is 1.46 bits per heavy atom. The van der Waals surface area contributed by atoms with Gasteiger partial charge >= 0.3 is 6.09 Å². The average molecular weight is 463 g/mol. The van der Waals surface area contributed by atoms with Crippen LogP contribution in [0, 0.1) is 13.8 Å². The summed E-state index contributed by atoms with van der Waals surface area (Å²) in [5.74, 6) is 0. The zero-order valence-corrected chi connectivity index (χ0v) is 19.6. The van der Waals surface area contributed by atoms with Crippen molar-refractivity contribution >= 4 is 50.6 Å². The van der Waals surface area contributed by atoms with Gasteiger partial charge in [-0.1, -0.05) is 42.5 Å². The monoisotopic (exact) mass is 462 g/mol. The van der Waals surface area contributed by atoms with Crippen molar-refractivity contribution in [1.29, 1.82) is 0 Å². The van der Waals surface area contributed by atoms with Crippen molar-refractivity contribution in [3.8, 4) is 0 Å². The molecule has 1 amide bonds. The standard InChI is InChI=1S/C29H26N4O2/c1-18-11-19(2)13-22(12-18)32-29(34)35-17-20-14-21(30)16-23(15-20)31-28-24-7-3-5-9-26(24)33-27-10-6-4-8-25(27)28/h3-16H,17,30H2,1-2H3,(H,31,33)(H,32,34). The smallest absolute Gasteiger partial charge is 0.411 e. The number of nitrogens with two attached hydrogens (primary N) is 1. The highest BCUT2D eigenvalue weighted by Crippen LogP contribution is 2.33. The molecule has 0 spiro atoms. The van der Waals surface area contributed by atoms with E-state index in [-0.39, 0.29) is 6.61 Å². The number of fused-ring (bicyclic) bond motifs is 2. The van der Waals surface area contributed by atoms with E-state index in [0.29, 0.717) is 11.4 Å². The van der Waals surface area contributed by atoms with Gasteiger partial charge in [-0.2, -0.15) is 0 Å². The van der Waals surface area contributed by atoms with Gasteiger partial charge in [0.05, 0.1) is 16.7 Å². The molecule has 6 nitrogen and oxygen atoms in total. The lowest BCUT2D eigenvalue weighted by Crippen LogP contribution is -2.14. The van der Waals surface area contributed by atoms with E-state index in [2.05, 4.69) is 10.6 Å². The van der Waals surface area contributed by atoms with E-state index < -0.39 is 6.09 Å². The molecule has 174 valence electrons. The molecule has 4 N–H and O–H groups in total. The molecule has 35 heavy (non-hydrogen) atoms. The lowest BCUT2D eigenvalue weighted by Gasteiger charge is -2.15. The third-order valence-corrected chi connectivity index (χ3v) is 5.71. The van der Waals surface area contributed by atoms with Gasteiger partial charge in [-0.3, -0.25) is 5.32 Å². The van der Waals surface area contributed by atoms with E-state index in [1.807, 2.05) is 92.7 Å². The van der Waals surface area contributed by atoms with Gasteiger partial charge in [-0.15, -0.1) is 0 Å². The van der Waals surface area contributed by atoms with E-state index in [4.69, 9.17) is 15.5 Å². The second kappa shape index (κ2) is 9.35. The fraction of sp³-hybridized carbons (Fsp3) is 0.103. The number of nitrogen functional groups attached to an aromatic ring is 1. The molecule has 5 rings (SSSR count). The number of aryl methyl sites for hydroxylation is 2. The summed E-state index contributed by atoms with van der Waals surface area (Å²) in [4.78, 5) is 17.2. The Morgan fingerprint density at radius 1 is 0.829 bits per heavy atom. The van der Waals surface area contributed by atoms with Crippen LogP contribution in [0.1, 0.15) is 16.7 Å². The molecule has 0 saturated carbocycles. The number of nitrogens with one attached hydrogen (secondary N) is 2. The van der Waals surface area contributed by atoms with Crippen LogP contribution in [0.3, 0.4) is 0 Å². The van der Waals surface area contributed by atoms with Crippen molar-refractivity contribution in [2.75, 3.05) is 16.4 Å². The Kier molecular flexibility index (Phi) is 5.94. The van der Waals surface area contributed by atoms with Crippen LogP contribution in [-0.4, -0.2) is 11.1 Å². The van der Waals surface area contributed by atoms with Crippen LogP contribution in [0.5, 0.6) is 0 Å². The van der Waals surface area contributed by atoms with Crippen LogP contribution in [0.15, 0.2) is 84.9 Å². The van der Waals surface area contributed by atoms with Crippen molar-refractivity contribution in [3.63, 3.8) is 0 Å². The highest BCUT2D eigenvalue weighted by molar-refractivity contribution is 6.08. The topological polar surface area (TPSA) is 89.3 Å². The molecule has 0 bridgehead atoms. The van der Waals surface area contributed by atoms with E-state index in [1.165, 1.54) is 0 Å². The van der Waals surface area contributed by atoms with Crippen LogP contribution >= 0.6 is 0 Å². The zero-order valence-electron chi connectivity index (χ0n) is 19.6. The summed E-state index contributed by atoms with van der Waals surface area (Å²) in [6.07, 6.45) is -0.516. The Morgan fingerprint density at radius 3 is 2.11 bits per heavy atom. The summed E-state index contributed by atoms with van der Waals surface area (Å²) in [6.45, 7) is 4.06. The number of rotatable bonds is 5. The first-order chi connectivity index (χ1) is 16.9. The van der Waals surface area contributed by atoms with Gasteiger partial charge in [-0.25, -0.2) is 9.78 Å². The van der Waals surface area contributed by atoms with Gasteiger partial charge in [0, 0.05) is 27.8 Å². The first-order valence-electron chi connectivity index (χ1n) is 11.4. The van der Waals surface area contributed by atoms with Gasteiger partial charge in [0.2, 0.25) is 0 Å². The molecule has 0 aliphatic rings. The number of para-hydroxylation sites is 2. The van der Waals surface area contributed by atoms with Crippen molar-refractivity contribution in [2.45, 2.75) is 20.5 Å². The molecular weight excluding hydrogens is 436 g/mol. The maximum absolute atomic E-state index is 12.4. The van der Waals surface area contributed by atoms with Crippen molar-refractivity contribution in [1.82, 2.24) is 4.98 Å². The number of pyridine rings is 1. The Balaban J connectivity index is 1.38. The minimum atomic E-state index is -0.516. The largest absolute Gasteiger partial charge is 0.444 e. The fourth-order valence-electron chi connectivity index (χ4n) is 4.34.